The van der Waals surface area contributed by atoms with Gasteiger partial charge in [0.15, 0.2) is 10.4 Å². The number of carbonyl (C=O) groups excluding carboxylic acids is 1. The number of aromatic nitrogens is 1. The number of thiazole rings is 1. The van der Waals surface area contributed by atoms with Gasteiger partial charge in [0, 0.05) is 16.6 Å². The molecular formula is C11H11BrN2O2S. The first-order valence-electron chi connectivity index (χ1n) is 5.01. The molecule has 90 valence electrons. The van der Waals surface area contributed by atoms with Crippen molar-refractivity contribution in [2.45, 2.75) is 20.4 Å². The van der Waals surface area contributed by atoms with Crippen molar-refractivity contribution in [2.24, 2.45) is 0 Å². The van der Waals surface area contributed by atoms with Gasteiger partial charge < -0.3 is 9.73 Å². The quantitative estimate of drug-likeness (QED) is 0.947. The number of hydrogen-bond acceptors (Lipinski definition) is 4. The van der Waals surface area contributed by atoms with Crippen LogP contribution in [0.15, 0.2) is 20.5 Å². The second kappa shape index (κ2) is 5.01. The molecule has 0 aliphatic rings. The van der Waals surface area contributed by atoms with E-state index in [-0.39, 0.29) is 5.91 Å². The van der Waals surface area contributed by atoms with E-state index in [0.717, 1.165) is 16.3 Å². The number of nitrogens with zero attached hydrogens (tertiary/aromatic N) is 1. The Bertz CT molecular complexity index is 547. The molecule has 0 aliphatic heterocycles. The number of rotatable bonds is 3. The average Bonchev–Trinajstić information content (AvgIpc) is 2.81. The van der Waals surface area contributed by atoms with E-state index in [1.165, 1.54) is 11.3 Å². The van der Waals surface area contributed by atoms with Gasteiger partial charge in [-0.1, -0.05) is 0 Å². The third kappa shape index (κ3) is 2.95. The summed E-state index contributed by atoms with van der Waals surface area (Å²) in [6.07, 6.45) is 0. The maximum Gasteiger partial charge on any atom is 0.287 e. The largest absolute Gasteiger partial charge is 0.444 e. The number of carbonyl (C=O) groups is 1. The van der Waals surface area contributed by atoms with Gasteiger partial charge in [0.1, 0.15) is 5.01 Å². The molecule has 17 heavy (non-hydrogen) atoms. The highest BCUT2D eigenvalue weighted by Crippen LogP contribution is 2.19. The highest BCUT2D eigenvalue weighted by atomic mass is 79.9. The fourth-order valence-corrected chi connectivity index (χ4v) is 2.61. The zero-order valence-electron chi connectivity index (χ0n) is 9.41. The van der Waals surface area contributed by atoms with Gasteiger partial charge in [-0.3, -0.25) is 4.79 Å². The molecule has 2 heterocycles. The van der Waals surface area contributed by atoms with Crippen molar-refractivity contribution < 1.29 is 9.21 Å². The Morgan fingerprint density at radius 2 is 2.35 bits per heavy atom. The van der Waals surface area contributed by atoms with E-state index in [1.807, 2.05) is 19.2 Å². The van der Waals surface area contributed by atoms with Crippen LogP contribution in [-0.4, -0.2) is 10.9 Å². The summed E-state index contributed by atoms with van der Waals surface area (Å²) in [6, 6.07) is 1.77. The van der Waals surface area contributed by atoms with Gasteiger partial charge in [-0.2, -0.15) is 0 Å². The summed E-state index contributed by atoms with van der Waals surface area (Å²) in [7, 11) is 0. The molecule has 2 aromatic rings. The summed E-state index contributed by atoms with van der Waals surface area (Å²) < 4.78 is 5.82. The molecule has 0 aromatic carbocycles. The Balaban J connectivity index is 2.00. The lowest BCUT2D eigenvalue weighted by Gasteiger charge is -2.00. The van der Waals surface area contributed by atoms with Crippen LogP contribution >= 0.6 is 27.3 Å². The van der Waals surface area contributed by atoms with E-state index in [1.54, 1.807) is 6.07 Å². The van der Waals surface area contributed by atoms with Crippen molar-refractivity contribution in [1.29, 1.82) is 0 Å². The summed E-state index contributed by atoms with van der Waals surface area (Å²) in [5.74, 6) is 0.117. The van der Waals surface area contributed by atoms with Crippen LogP contribution in [0.1, 0.15) is 26.8 Å². The second-order valence-corrected chi connectivity index (χ2v) is 5.35. The topological polar surface area (TPSA) is 55.1 Å². The van der Waals surface area contributed by atoms with Gasteiger partial charge >= 0.3 is 0 Å². The maximum atomic E-state index is 11.8. The zero-order chi connectivity index (χ0) is 12.4. The van der Waals surface area contributed by atoms with Gasteiger partial charge in [0.25, 0.3) is 5.91 Å². The predicted octanol–water partition coefficient (Wildman–Crippen LogP) is 3.05. The Hall–Kier alpha value is -1.14. The van der Waals surface area contributed by atoms with Gasteiger partial charge in [-0.25, -0.2) is 4.98 Å². The molecule has 1 N–H and O–H groups in total. The molecule has 0 radical (unpaired) electrons. The lowest BCUT2D eigenvalue weighted by molar-refractivity contribution is 0.0921. The average molecular weight is 315 g/mol. The number of furan rings is 1. The Labute approximate surface area is 111 Å². The van der Waals surface area contributed by atoms with E-state index in [9.17, 15) is 4.79 Å². The van der Waals surface area contributed by atoms with E-state index in [4.69, 9.17) is 4.42 Å². The minimum Gasteiger partial charge on any atom is -0.444 e. The monoisotopic (exact) mass is 314 g/mol. The molecule has 1 amide bonds. The number of hydrogen-bond donors (Lipinski definition) is 1. The molecule has 0 saturated heterocycles. The minimum atomic E-state index is -0.221. The first-order chi connectivity index (χ1) is 8.06. The molecule has 0 aliphatic carbocycles. The van der Waals surface area contributed by atoms with Crippen molar-refractivity contribution in [3.63, 3.8) is 0 Å². The van der Waals surface area contributed by atoms with E-state index in [0.29, 0.717) is 17.0 Å². The van der Waals surface area contributed by atoms with Crippen LogP contribution in [0.5, 0.6) is 0 Å². The summed E-state index contributed by atoms with van der Waals surface area (Å²) in [5, 5.41) is 5.62. The van der Waals surface area contributed by atoms with E-state index < -0.39 is 0 Å². The maximum absolute atomic E-state index is 11.8. The molecule has 0 unspecified atom stereocenters. The molecule has 2 rings (SSSR count). The third-order valence-electron chi connectivity index (χ3n) is 2.16. The standard InChI is InChI=1S/C11H11BrN2O2S/c1-6-3-8(12)16-10(6)11(15)13-4-9-14-7(2)5-17-9/h3,5H,4H2,1-2H3,(H,13,15). The minimum absolute atomic E-state index is 0.221. The summed E-state index contributed by atoms with van der Waals surface area (Å²) in [4.78, 5) is 16.1. The fraction of sp³-hybridized carbons (Fsp3) is 0.273. The first kappa shape index (κ1) is 12.3. The predicted molar refractivity (Wildman–Crippen MR) is 69.2 cm³/mol. The molecular weight excluding hydrogens is 304 g/mol. The number of amides is 1. The lowest BCUT2D eigenvalue weighted by Crippen LogP contribution is -2.22. The Morgan fingerprint density at radius 1 is 1.59 bits per heavy atom. The summed E-state index contributed by atoms with van der Waals surface area (Å²) in [5.41, 5.74) is 1.78. The van der Waals surface area contributed by atoms with Crippen molar-refractivity contribution in [2.75, 3.05) is 0 Å². The Kier molecular flexibility index (Phi) is 3.63. The van der Waals surface area contributed by atoms with Crippen molar-refractivity contribution >= 4 is 33.2 Å². The Morgan fingerprint density at radius 3 is 2.88 bits per heavy atom. The smallest absolute Gasteiger partial charge is 0.287 e. The highest BCUT2D eigenvalue weighted by molar-refractivity contribution is 9.10. The molecule has 0 spiro atoms. The highest BCUT2D eigenvalue weighted by Gasteiger charge is 2.14. The normalized spacial score (nSPS) is 10.5. The van der Waals surface area contributed by atoms with Crippen LogP contribution in [-0.2, 0) is 6.54 Å². The van der Waals surface area contributed by atoms with Crippen molar-refractivity contribution in [1.82, 2.24) is 10.3 Å². The van der Waals surface area contributed by atoms with Crippen LogP contribution < -0.4 is 5.32 Å². The molecule has 6 heteroatoms. The molecule has 0 fully saturated rings. The lowest BCUT2D eigenvalue weighted by atomic mass is 10.3. The molecule has 0 bridgehead atoms. The first-order valence-corrected chi connectivity index (χ1v) is 6.68. The van der Waals surface area contributed by atoms with E-state index >= 15 is 0 Å². The molecule has 0 atom stereocenters. The van der Waals surface area contributed by atoms with Crippen LogP contribution in [0.25, 0.3) is 0 Å². The molecule has 2 aromatic heterocycles. The number of nitrogens with one attached hydrogen (secondary N) is 1. The second-order valence-electron chi connectivity index (χ2n) is 3.63. The molecule has 4 nitrogen and oxygen atoms in total. The third-order valence-corrected chi connectivity index (χ3v) is 3.52. The van der Waals surface area contributed by atoms with Crippen LogP contribution in [0.3, 0.4) is 0 Å². The van der Waals surface area contributed by atoms with E-state index in [2.05, 4.69) is 26.2 Å². The van der Waals surface area contributed by atoms with Crippen molar-refractivity contribution in [3.05, 3.63) is 38.1 Å². The summed E-state index contributed by atoms with van der Waals surface area (Å²) in [6.45, 7) is 4.18. The SMILES string of the molecule is Cc1csc(CNC(=O)c2oc(Br)cc2C)n1. The fourth-order valence-electron chi connectivity index (χ4n) is 1.39. The van der Waals surface area contributed by atoms with Crippen LogP contribution in [0.2, 0.25) is 0 Å². The van der Waals surface area contributed by atoms with Crippen LogP contribution in [0, 0.1) is 13.8 Å². The number of halogens is 1. The van der Waals surface area contributed by atoms with Crippen LogP contribution in [0.4, 0.5) is 0 Å². The van der Waals surface area contributed by atoms with Gasteiger partial charge in [-0.15, -0.1) is 11.3 Å². The number of aryl methyl sites for hydroxylation is 2. The van der Waals surface area contributed by atoms with Gasteiger partial charge in [0.2, 0.25) is 0 Å². The van der Waals surface area contributed by atoms with Gasteiger partial charge in [0.05, 0.1) is 6.54 Å². The van der Waals surface area contributed by atoms with Crippen molar-refractivity contribution in [3.8, 4) is 0 Å². The zero-order valence-corrected chi connectivity index (χ0v) is 11.8. The summed E-state index contributed by atoms with van der Waals surface area (Å²) >= 11 is 4.72. The van der Waals surface area contributed by atoms with Gasteiger partial charge in [-0.05, 0) is 35.8 Å². The molecule has 0 saturated carbocycles.